The van der Waals surface area contributed by atoms with Gasteiger partial charge in [0.1, 0.15) is 11.4 Å². The van der Waals surface area contributed by atoms with Crippen LogP contribution in [-0.2, 0) is 14.1 Å². The van der Waals surface area contributed by atoms with E-state index in [1.165, 1.54) is 14.1 Å². The Morgan fingerprint density at radius 2 is 1.89 bits per heavy atom. The van der Waals surface area contributed by atoms with E-state index >= 15 is 0 Å². The van der Waals surface area contributed by atoms with E-state index in [9.17, 15) is 14.4 Å². The minimum absolute atomic E-state index is 0.157. The lowest BCUT2D eigenvalue weighted by atomic mass is 10.1. The van der Waals surface area contributed by atoms with Crippen LogP contribution in [0.3, 0.4) is 0 Å². The Balaban J connectivity index is 1.48. The number of nitrogens with two attached hydrogens (primary N) is 1. The molecule has 12 heteroatoms. The van der Waals surface area contributed by atoms with Crippen LogP contribution in [-0.4, -0.2) is 35.3 Å². The molecule has 0 saturated carbocycles. The molecule has 5 rings (SSSR count). The number of fused-ring (bicyclic) bond motifs is 1. The predicted octanol–water partition coefficient (Wildman–Crippen LogP) is 3.36. The summed E-state index contributed by atoms with van der Waals surface area (Å²) in [5, 5.41) is 10.5. The number of hydrogen-bond acceptors (Lipinski definition) is 10. The molecule has 0 saturated heterocycles. The first-order valence-electron chi connectivity index (χ1n) is 10.8. The Hall–Kier alpha value is -4.03. The zero-order chi connectivity index (χ0) is 25.6. The van der Waals surface area contributed by atoms with Crippen molar-refractivity contribution in [2.75, 3.05) is 5.73 Å². The minimum atomic E-state index is -0.776. The normalized spacial score (nSPS) is 12.2. The summed E-state index contributed by atoms with van der Waals surface area (Å²) in [5.41, 5.74) is 6.63. The second-order valence-electron chi connectivity index (χ2n) is 8.01. The highest BCUT2D eigenvalue weighted by Crippen LogP contribution is 2.34. The summed E-state index contributed by atoms with van der Waals surface area (Å²) in [4.78, 5) is 43.5. The number of thioether (sulfide) groups is 1. The summed E-state index contributed by atoms with van der Waals surface area (Å²) in [7, 11) is 2.70. The van der Waals surface area contributed by atoms with Crippen LogP contribution in [0.5, 0.6) is 0 Å². The maximum absolute atomic E-state index is 13.1. The molecule has 0 spiro atoms. The molecule has 182 valence electrons. The van der Waals surface area contributed by atoms with E-state index in [1.807, 2.05) is 47.8 Å². The average Bonchev–Trinajstić information content (AvgIpc) is 3.58. The van der Waals surface area contributed by atoms with Gasteiger partial charge in [0.05, 0.1) is 26.9 Å². The van der Waals surface area contributed by atoms with Gasteiger partial charge in [0, 0.05) is 19.5 Å². The molecule has 2 N–H and O–H groups in total. The fourth-order valence-electron chi connectivity index (χ4n) is 3.77. The van der Waals surface area contributed by atoms with Crippen molar-refractivity contribution in [2.24, 2.45) is 14.1 Å². The van der Waals surface area contributed by atoms with Gasteiger partial charge < -0.3 is 10.2 Å². The number of carbonyl (C=O) groups excluding carboxylic acids is 1. The second-order valence-corrected chi connectivity index (χ2v) is 10.3. The lowest BCUT2D eigenvalue weighted by Crippen LogP contribution is -2.42. The number of hydrogen-bond donors (Lipinski definition) is 1. The third-order valence-corrected chi connectivity index (χ3v) is 7.56. The lowest BCUT2D eigenvalue weighted by molar-refractivity contribution is 0.0991. The standard InChI is InChI=1S/C24H20N6O4S2/c1-12(19(31)18-20(25)29(2)24(33)30(3)22(18)32)36-23-28-27-21(34-23)14-11-16(17-9-6-10-35-17)26-15-8-5-4-7-13(14)15/h4-12H,25H2,1-3H3. The quantitative estimate of drug-likeness (QED) is 0.264. The first kappa shape index (κ1) is 23.7. The van der Waals surface area contributed by atoms with Gasteiger partial charge in [-0.25, -0.2) is 9.78 Å². The number of benzene rings is 1. The van der Waals surface area contributed by atoms with Crippen molar-refractivity contribution in [1.82, 2.24) is 24.3 Å². The van der Waals surface area contributed by atoms with Crippen molar-refractivity contribution in [3.8, 4) is 22.0 Å². The first-order chi connectivity index (χ1) is 17.3. The summed E-state index contributed by atoms with van der Waals surface area (Å²) in [6.45, 7) is 1.61. The van der Waals surface area contributed by atoms with Crippen LogP contribution in [0.2, 0.25) is 0 Å². The van der Waals surface area contributed by atoms with Crippen LogP contribution in [0.1, 0.15) is 17.3 Å². The molecule has 4 heterocycles. The molecule has 0 aliphatic rings. The van der Waals surface area contributed by atoms with E-state index in [4.69, 9.17) is 15.1 Å². The van der Waals surface area contributed by atoms with Crippen LogP contribution in [0.4, 0.5) is 5.82 Å². The van der Waals surface area contributed by atoms with Gasteiger partial charge in [0.15, 0.2) is 5.78 Å². The molecule has 0 aliphatic heterocycles. The Bertz CT molecular complexity index is 1740. The van der Waals surface area contributed by atoms with Gasteiger partial charge in [0.25, 0.3) is 10.8 Å². The predicted molar refractivity (Wildman–Crippen MR) is 139 cm³/mol. The van der Waals surface area contributed by atoms with Gasteiger partial charge >= 0.3 is 5.69 Å². The van der Waals surface area contributed by atoms with Crippen LogP contribution < -0.4 is 17.0 Å². The summed E-state index contributed by atoms with van der Waals surface area (Å²) in [6.07, 6.45) is 0. The van der Waals surface area contributed by atoms with E-state index in [2.05, 4.69) is 10.2 Å². The largest absolute Gasteiger partial charge is 0.411 e. The molecule has 1 atom stereocenters. The molecule has 10 nitrogen and oxygen atoms in total. The van der Waals surface area contributed by atoms with Gasteiger partial charge in [-0.3, -0.25) is 18.7 Å². The van der Waals surface area contributed by atoms with Gasteiger partial charge in [-0.05, 0) is 30.5 Å². The van der Waals surface area contributed by atoms with Crippen LogP contribution in [0.25, 0.3) is 32.9 Å². The van der Waals surface area contributed by atoms with Crippen molar-refractivity contribution in [3.05, 3.63) is 74.2 Å². The number of rotatable bonds is 6. The summed E-state index contributed by atoms with van der Waals surface area (Å²) < 4.78 is 7.85. The summed E-state index contributed by atoms with van der Waals surface area (Å²) in [5.74, 6) is -0.440. The number of aromatic nitrogens is 5. The Labute approximate surface area is 212 Å². The molecule has 5 aromatic rings. The zero-order valence-corrected chi connectivity index (χ0v) is 21.1. The fourth-order valence-corrected chi connectivity index (χ4v) is 5.20. The number of Topliss-reactive ketones (excluding diaryl/α,β-unsaturated/α-hetero) is 1. The van der Waals surface area contributed by atoms with Crippen molar-refractivity contribution >= 4 is 45.6 Å². The van der Waals surface area contributed by atoms with Crippen molar-refractivity contribution < 1.29 is 9.21 Å². The topological polar surface area (TPSA) is 139 Å². The maximum atomic E-state index is 13.1. The molecule has 4 aromatic heterocycles. The number of thiophene rings is 1. The smallest absolute Gasteiger partial charge is 0.332 e. The Morgan fingerprint density at radius 1 is 1.11 bits per heavy atom. The Morgan fingerprint density at radius 3 is 2.64 bits per heavy atom. The zero-order valence-electron chi connectivity index (χ0n) is 19.5. The average molecular weight is 521 g/mol. The van der Waals surface area contributed by atoms with Crippen LogP contribution in [0.15, 0.2) is 67.1 Å². The molecule has 0 aliphatic carbocycles. The summed E-state index contributed by atoms with van der Waals surface area (Å²) >= 11 is 2.59. The monoisotopic (exact) mass is 520 g/mol. The molecule has 0 amide bonds. The SMILES string of the molecule is CC(Sc1nnc(-c2cc(-c3cccs3)nc3ccccc23)o1)C(=O)c1c(N)n(C)c(=O)n(C)c1=O. The second kappa shape index (κ2) is 9.21. The Kier molecular flexibility index (Phi) is 6.06. The van der Waals surface area contributed by atoms with Crippen LogP contribution in [0, 0.1) is 0 Å². The first-order valence-corrected chi connectivity index (χ1v) is 12.6. The number of nitrogen functional groups attached to an aromatic ring is 1. The van der Waals surface area contributed by atoms with E-state index in [-0.39, 0.29) is 22.5 Å². The molecule has 1 aromatic carbocycles. The molecular weight excluding hydrogens is 500 g/mol. The van der Waals surface area contributed by atoms with Gasteiger partial charge in [0.2, 0.25) is 5.89 Å². The van der Waals surface area contributed by atoms with Crippen molar-refractivity contribution in [1.29, 1.82) is 0 Å². The van der Waals surface area contributed by atoms with Gasteiger partial charge in [-0.15, -0.1) is 21.5 Å². The van der Waals surface area contributed by atoms with Gasteiger partial charge in [-0.1, -0.05) is 36.0 Å². The number of nitrogens with zero attached hydrogens (tertiary/aromatic N) is 5. The molecule has 1 unspecified atom stereocenters. The maximum Gasteiger partial charge on any atom is 0.332 e. The molecule has 0 fully saturated rings. The number of carbonyl (C=O) groups is 1. The fraction of sp³-hybridized carbons (Fsp3) is 0.167. The number of anilines is 1. The minimum Gasteiger partial charge on any atom is -0.411 e. The van der Waals surface area contributed by atoms with E-state index in [1.54, 1.807) is 18.3 Å². The molecular formula is C24H20N6O4S2. The number of ketones is 1. The van der Waals surface area contributed by atoms with E-state index in [0.29, 0.717) is 0 Å². The lowest BCUT2D eigenvalue weighted by Gasteiger charge is -2.13. The number of pyridine rings is 1. The van der Waals surface area contributed by atoms with E-state index < -0.39 is 22.3 Å². The van der Waals surface area contributed by atoms with Gasteiger partial charge in [-0.2, -0.15) is 0 Å². The highest BCUT2D eigenvalue weighted by Gasteiger charge is 2.27. The summed E-state index contributed by atoms with van der Waals surface area (Å²) in [6, 6.07) is 13.5. The highest BCUT2D eigenvalue weighted by molar-refractivity contribution is 8.00. The molecule has 0 radical (unpaired) electrons. The van der Waals surface area contributed by atoms with Crippen molar-refractivity contribution in [2.45, 2.75) is 17.4 Å². The van der Waals surface area contributed by atoms with Crippen LogP contribution >= 0.6 is 23.1 Å². The molecule has 36 heavy (non-hydrogen) atoms. The number of para-hydroxylation sites is 1. The van der Waals surface area contributed by atoms with E-state index in [0.717, 1.165) is 47.9 Å². The third kappa shape index (κ3) is 4.03. The highest BCUT2D eigenvalue weighted by atomic mass is 32.2. The third-order valence-electron chi connectivity index (χ3n) is 5.73. The van der Waals surface area contributed by atoms with Crippen molar-refractivity contribution in [3.63, 3.8) is 0 Å². The molecule has 0 bridgehead atoms.